The molecule has 0 bridgehead atoms. The van der Waals surface area contributed by atoms with Gasteiger partial charge in [0, 0.05) is 0 Å². The maximum Gasteiger partial charge on any atom is 0.211 e. The molecule has 1 aromatic rings. The highest BCUT2D eigenvalue weighted by Gasteiger charge is 2.14. The van der Waals surface area contributed by atoms with E-state index in [2.05, 4.69) is 0 Å². The van der Waals surface area contributed by atoms with Crippen molar-refractivity contribution in [2.75, 3.05) is 5.75 Å². The Balaban J connectivity index is 2.85. The topological polar surface area (TPSA) is 80.4 Å². The summed E-state index contributed by atoms with van der Waals surface area (Å²) in [6, 6.07) is 5.08. The Morgan fingerprint density at radius 1 is 1.50 bits per heavy atom. The molecule has 0 radical (unpaired) electrons. The van der Waals surface area contributed by atoms with E-state index in [4.69, 9.17) is 5.14 Å². The fourth-order valence-corrected chi connectivity index (χ4v) is 1.66. The predicted molar refractivity (Wildman–Crippen MR) is 49.3 cm³/mol. The lowest BCUT2D eigenvalue weighted by Gasteiger charge is -2.08. The lowest BCUT2D eigenvalue weighted by molar-refractivity contribution is 0.201. The van der Waals surface area contributed by atoms with E-state index in [1.165, 1.54) is 18.2 Å². The van der Waals surface area contributed by atoms with Gasteiger partial charge in [-0.05, 0) is 17.7 Å². The van der Waals surface area contributed by atoms with Gasteiger partial charge in [-0.25, -0.2) is 17.9 Å². The summed E-state index contributed by atoms with van der Waals surface area (Å²) in [5, 5.41) is 14.1. The molecular weight excluding hydrogens is 209 g/mol. The van der Waals surface area contributed by atoms with Gasteiger partial charge in [-0.1, -0.05) is 12.1 Å². The minimum atomic E-state index is -3.76. The van der Waals surface area contributed by atoms with Crippen LogP contribution < -0.4 is 5.14 Å². The molecule has 6 heteroatoms. The molecule has 0 saturated carbocycles. The largest absolute Gasteiger partial charge is 0.387 e. The Hall–Kier alpha value is -0.980. The maximum absolute atomic E-state index is 12.7. The maximum atomic E-state index is 12.7. The van der Waals surface area contributed by atoms with Crippen LogP contribution in [0.2, 0.25) is 0 Å². The number of halogens is 1. The Morgan fingerprint density at radius 3 is 2.64 bits per heavy atom. The number of aliphatic hydroxyl groups excluding tert-OH is 1. The van der Waals surface area contributed by atoms with Crippen LogP contribution in [0.4, 0.5) is 4.39 Å². The van der Waals surface area contributed by atoms with Crippen molar-refractivity contribution in [3.8, 4) is 0 Å². The molecular formula is C8H10FNO3S. The molecule has 0 amide bonds. The van der Waals surface area contributed by atoms with Gasteiger partial charge >= 0.3 is 0 Å². The first-order valence-electron chi connectivity index (χ1n) is 3.82. The number of sulfonamides is 1. The van der Waals surface area contributed by atoms with Gasteiger partial charge in [0.15, 0.2) is 0 Å². The van der Waals surface area contributed by atoms with E-state index in [1.807, 2.05) is 0 Å². The molecule has 0 fully saturated rings. The molecule has 3 N–H and O–H groups in total. The first-order valence-corrected chi connectivity index (χ1v) is 5.54. The summed E-state index contributed by atoms with van der Waals surface area (Å²) in [5.41, 5.74) is 0.194. The van der Waals surface area contributed by atoms with E-state index in [1.54, 1.807) is 0 Å². The van der Waals surface area contributed by atoms with Crippen molar-refractivity contribution in [2.24, 2.45) is 5.14 Å². The molecule has 1 unspecified atom stereocenters. The van der Waals surface area contributed by atoms with Gasteiger partial charge in [-0.3, -0.25) is 0 Å². The van der Waals surface area contributed by atoms with Crippen LogP contribution >= 0.6 is 0 Å². The normalized spacial score (nSPS) is 13.9. The third-order valence-corrected chi connectivity index (χ3v) is 2.40. The van der Waals surface area contributed by atoms with Crippen molar-refractivity contribution < 1.29 is 17.9 Å². The molecule has 0 aliphatic rings. The van der Waals surface area contributed by atoms with Crippen LogP contribution in [0, 0.1) is 5.82 Å². The highest BCUT2D eigenvalue weighted by molar-refractivity contribution is 7.89. The number of primary sulfonamides is 1. The average molecular weight is 219 g/mol. The van der Waals surface area contributed by atoms with Crippen molar-refractivity contribution in [2.45, 2.75) is 6.10 Å². The van der Waals surface area contributed by atoms with Crippen LogP contribution in [0.15, 0.2) is 24.3 Å². The van der Waals surface area contributed by atoms with Crippen molar-refractivity contribution >= 4 is 10.0 Å². The zero-order valence-electron chi connectivity index (χ0n) is 7.22. The second-order valence-electron chi connectivity index (χ2n) is 2.90. The Labute approximate surface area is 81.2 Å². The van der Waals surface area contributed by atoms with Crippen LogP contribution in [0.1, 0.15) is 11.7 Å². The summed E-state index contributed by atoms with van der Waals surface area (Å²) in [7, 11) is -3.76. The number of rotatable bonds is 3. The monoisotopic (exact) mass is 219 g/mol. The van der Waals surface area contributed by atoms with E-state index >= 15 is 0 Å². The molecule has 14 heavy (non-hydrogen) atoms. The molecule has 1 atom stereocenters. The van der Waals surface area contributed by atoms with Crippen molar-refractivity contribution in [3.05, 3.63) is 35.6 Å². The zero-order chi connectivity index (χ0) is 10.8. The molecule has 4 nitrogen and oxygen atoms in total. The first-order chi connectivity index (χ1) is 6.38. The van der Waals surface area contributed by atoms with Crippen molar-refractivity contribution in [1.29, 1.82) is 0 Å². The summed E-state index contributed by atoms with van der Waals surface area (Å²) in [4.78, 5) is 0. The van der Waals surface area contributed by atoms with Gasteiger partial charge < -0.3 is 5.11 Å². The number of hydrogen-bond acceptors (Lipinski definition) is 3. The Kier molecular flexibility index (Phi) is 3.20. The molecule has 0 aromatic heterocycles. The third kappa shape index (κ3) is 3.41. The lowest BCUT2D eigenvalue weighted by atomic mass is 10.1. The number of aliphatic hydroxyl groups is 1. The van der Waals surface area contributed by atoms with Crippen LogP contribution in [-0.4, -0.2) is 19.3 Å². The number of hydrogen-bond donors (Lipinski definition) is 2. The van der Waals surface area contributed by atoms with Crippen LogP contribution in [-0.2, 0) is 10.0 Å². The third-order valence-electron chi connectivity index (χ3n) is 1.62. The number of nitrogens with two attached hydrogens (primary N) is 1. The van der Waals surface area contributed by atoms with Gasteiger partial charge in [0.1, 0.15) is 5.82 Å². The fraction of sp³-hybridized carbons (Fsp3) is 0.250. The molecule has 0 aliphatic carbocycles. The summed E-state index contributed by atoms with van der Waals surface area (Å²) >= 11 is 0. The molecule has 0 spiro atoms. The van der Waals surface area contributed by atoms with Gasteiger partial charge in [-0.15, -0.1) is 0 Å². The first kappa shape index (κ1) is 11.1. The second kappa shape index (κ2) is 4.04. The van der Waals surface area contributed by atoms with Crippen LogP contribution in [0.5, 0.6) is 0 Å². The van der Waals surface area contributed by atoms with E-state index in [0.717, 1.165) is 6.07 Å². The quantitative estimate of drug-likeness (QED) is 0.759. The van der Waals surface area contributed by atoms with Gasteiger partial charge in [0.25, 0.3) is 0 Å². The highest BCUT2D eigenvalue weighted by atomic mass is 32.2. The van der Waals surface area contributed by atoms with E-state index in [-0.39, 0.29) is 5.56 Å². The van der Waals surface area contributed by atoms with Gasteiger partial charge in [-0.2, -0.15) is 0 Å². The Morgan fingerprint density at radius 2 is 2.14 bits per heavy atom. The van der Waals surface area contributed by atoms with E-state index in [9.17, 15) is 17.9 Å². The fourth-order valence-electron chi connectivity index (χ4n) is 1.03. The zero-order valence-corrected chi connectivity index (χ0v) is 8.04. The minimum absolute atomic E-state index is 0.194. The minimum Gasteiger partial charge on any atom is -0.387 e. The summed E-state index contributed by atoms with van der Waals surface area (Å²) in [6.45, 7) is 0. The van der Waals surface area contributed by atoms with Crippen LogP contribution in [0.3, 0.4) is 0 Å². The lowest BCUT2D eigenvalue weighted by Crippen LogP contribution is -2.21. The summed E-state index contributed by atoms with van der Waals surface area (Å²) in [5.74, 6) is -1.15. The van der Waals surface area contributed by atoms with E-state index < -0.39 is 27.7 Å². The molecule has 1 aromatic carbocycles. The van der Waals surface area contributed by atoms with Gasteiger partial charge in [0.2, 0.25) is 10.0 Å². The molecule has 0 aliphatic heterocycles. The summed E-state index contributed by atoms with van der Waals surface area (Å²) < 4.78 is 33.9. The summed E-state index contributed by atoms with van der Waals surface area (Å²) in [6.07, 6.45) is -1.29. The van der Waals surface area contributed by atoms with Crippen LogP contribution in [0.25, 0.3) is 0 Å². The molecule has 1 rings (SSSR count). The molecule has 78 valence electrons. The van der Waals surface area contributed by atoms with Crippen molar-refractivity contribution in [3.63, 3.8) is 0 Å². The number of benzene rings is 1. The predicted octanol–water partition coefficient (Wildman–Crippen LogP) is 0.148. The van der Waals surface area contributed by atoms with E-state index in [0.29, 0.717) is 0 Å². The molecule has 0 saturated heterocycles. The van der Waals surface area contributed by atoms with Gasteiger partial charge in [0.05, 0.1) is 11.9 Å². The molecule has 0 heterocycles. The average Bonchev–Trinajstić information content (AvgIpc) is 2.01. The highest BCUT2D eigenvalue weighted by Crippen LogP contribution is 2.14. The standard InChI is InChI=1S/C8H10FNO3S/c9-7-3-1-2-6(4-7)8(11)5-14(10,12)13/h1-4,8,11H,5H2,(H2,10,12,13). The smallest absolute Gasteiger partial charge is 0.211 e. The SMILES string of the molecule is NS(=O)(=O)CC(O)c1cccc(F)c1. The second-order valence-corrected chi connectivity index (χ2v) is 4.56. The van der Waals surface area contributed by atoms with Crippen molar-refractivity contribution in [1.82, 2.24) is 0 Å². The Bertz CT molecular complexity index is 418.